The van der Waals surface area contributed by atoms with E-state index in [-0.39, 0.29) is 17.3 Å². The highest BCUT2D eigenvalue weighted by Gasteiger charge is 2.24. The Kier molecular flexibility index (Phi) is 6.44. The normalized spacial score (nSPS) is 19.6. The fourth-order valence-electron chi connectivity index (χ4n) is 2.50. The summed E-state index contributed by atoms with van der Waals surface area (Å²) >= 11 is 0. The molecule has 0 spiro atoms. The van der Waals surface area contributed by atoms with Crippen LogP contribution in [0.25, 0.3) is 0 Å². The van der Waals surface area contributed by atoms with E-state index in [1.165, 1.54) is 12.8 Å². The molecule has 1 aromatic rings. The Bertz CT molecular complexity index is 505. The van der Waals surface area contributed by atoms with Crippen molar-refractivity contribution in [3.05, 3.63) is 11.5 Å². The van der Waals surface area contributed by atoms with Crippen LogP contribution in [0.2, 0.25) is 0 Å². The highest BCUT2D eigenvalue weighted by molar-refractivity contribution is 7.89. The number of hydrogen-bond donors (Lipinski definition) is 2. The minimum atomic E-state index is -3.51. The van der Waals surface area contributed by atoms with Gasteiger partial charge in [-0.1, -0.05) is 5.16 Å². The molecule has 2 N–H and O–H groups in total. The van der Waals surface area contributed by atoms with Crippen LogP contribution in [0.3, 0.4) is 0 Å². The minimum absolute atomic E-state index is 0. The molecule has 20 heavy (non-hydrogen) atoms. The second-order valence-corrected chi connectivity index (χ2v) is 6.76. The number of piperidine rings is 1. The Morgan fingerprint density at radius 3 is 2.75 bits per heavy atom. The number of nitrogens with one attached hydrogen (secondary N) is 2. The SMILES string of the molecule is Cc1noc(C)c1S(=O)(=O)NCCC1CCCNC1.Cl. The third-order valence-corrected chi connectivity index (χ3v) is 5.18. The smallest absolute Gasteiger partial charge is 0.245 e. The van der Waals surface area contributed by atoms with E-state index in [2.05, 4.69) is 15.2 Å². The van der Waals surface area contributed by atoms with Gasteiger partial charge in [-0.25, -0.2) is 13.1 Å². The molecule has 0 radical (unpaired) electrons. The second kappa shape index (κ2) is 7.40. The van der Waals surface area contributed by atoms with E-state index in [1.54, 1.807) is 13.8 Å². The average molecular weight is 324 g/mol. The lowest BCUT2D eigenvalue weighted by molar-refractivity contribution is 0.358. The van der Waals surface area contributed by atoms with Crippen molar-refractivity contribution < 1.29 is 12.9 Å². The molecular weight excluding hydrogens is 302 g/mol. The van der Waals surface area contributed by atoms with E-state index < -0.39 is 10.0 Å². The zero-order valence-electron chi connectivity index (χ0n) is 11.8. The summed E-state index contributed by atoms with van der Waals surface area (Å²) in [6, 6.07) is 0. The number of rotatable bonds is 5. The summed E-state index contributed by atoms with van der Waals surface area (Å²) in [5, 5.41) is 7.00. The van der Waals surface area contributed by atoms with Gasteiger partial charge < -0.3 is 9.84 Å². The third-order valence-electron chi connectivity index (χ3n) is 3.48. The largest absolute Gasteiger partial charge is 0.360 e. The number of nitrogens with zero attached hydrogens (tertiary/aromatic N) is 1. The predicted octanol–water partition coefficient (Wildman–Crippen LogP) is 1.38. The van der Waals surface area contributed by atoms with Gasteiger partial charge in [0.2, 0.25) is 10.0 Å². The molecule has 1 saturated heterocycles. The maximum Gasteiger partial charge on any atom is 0.245 e. The number of aryl methyl sites for hydroxylation is 2. The van der Waals surface area contributed by atoms with Crippen LogP contribution in [-0.4, -0.2) is 33.2 Å². The van der Waals surface area contributed by atoms with Gasteiger partial charge in [0.1, 0.15) is 10.6 Å². The van der Waals surface area contributed by atoms with Gasteiger partial charge in [0.15, 0.2) is 5.76 Å². The van der Waals surface area contributed by atoms with Gasteiger partial charge in [-0.05, 0) is 52.1 Å². The number of aromatic nitrogens is 1. The fourth-order valence-corrected chi connectivity index (χ4v) is 3.87. The molecule has 1 unspecified atom stereocenters. The van der Waals surface area contributed by atoms with Crippen molar-refractivity contribution in [2.75, 3.05) is 19.6 Å². The summed E-state index contributed by atoms with van der Waals surface area (Å²) in [4.78, 5) is 0.175. The van der Waals surface area contributed by atoms with Gasteiger partial charge in [-0.2, -0.15) is 0 Å². The molecule has 0 saturated carbocycles. The highest BCUT2D eigenvalue weighted by atomic mass is 35.5. The van der Waals surface area contributed by atoms with Crippen molar-refractivity contribution in [2.24, 2.45) is 5.92 Å². The molecule has 6 nitrogen and oxygen atoms in total. The van der Waals surface area contributed by atoms with E-state index in [9.17, 15) is 8.42 Å². The van der Waals surface area contributed by atoms with Crippen LogP contribution in [0.4, 0.5) is 0 Å². The molecule has 1 aliphatic rings. The summed E-state index contributed by atoms with van der Waals surface area (Å²) < 4.78 is 31.8. The van der Waals surface area contributed by atoms with Gasteiger partial charge >= 0.3 is 0 Å². The van der Waals surface area contributed by atoms with Crippen LogP contribution in [0, 0.1) is 19.8 Å². The Labute approximate surface area is 126 Å². The molecule has 116 valence electrons. The lowest BCUT2D eigenvalue weighted by Crippen LogP contribution is -2.33. The first-order valence-electron chi connectivity index (χ1n) is 6.64. The number of halogens is 1. The first kappa shape index (κ1) is 17.4. The van der Waals surface area contributed by atoms with Crippen LogP contribution in [0.1, 0.15) is 30.7 Å². The second-order valence-electron chi connectivity index (χ2n) is 5.05. The van der Waals surface area contributed by atoms with Crippen LogP contribution < -0.4 is 10.0 Å². The highest BCUT2D eigenvalue weighted by Crippen LogP contribution is 2.19. The monoisotopic (exact) mass is 323 g/mol. The van der Waals surface area contributed by atoms with Crippen LogP contribution in [0.5, 0.6) is 0 Å². The predicted molar refractivity (Wildman–Crippen MR) is 78.6 cm³/mol. The van der Waals surface area contributed by atoms with E-state index >= 15 is 0 Å². The molecule has 1 aliphatic heterocycles. The van der Waals surface area contributed by atoms with E-state index in [0.29, 0.717) is 23.9 Å². The average Bonchev–Trinajstić information content (AvgIpc) is 2.70. The maximum absolute atomic E-state index is 12.1. The van der Waals surface area contributed by atoms with Crippen molar-refractivity contribution in [3.8, 4) is 0 Å². The molecule has 1 fully saturated rings. The van der Waals surface area contributed by atoms with Crippen molar-refractivity contribution in [1.29, 1.82) is 0 Å². The first-order chi connectivity index (χ1) is 9.00. The molecule has 0 aliphatic carbocycles. The van der Waals surface area contributed by atoms with Crippen LogP contribution in [-0.2, 0) is 10.0 Å². The summed E-state index contributed by atoms with van der Waals surface area (Å²) in [6.45, 7) is 5.75. The van der Waals surface area contributed by atoms with Gasteiger partial charge in [0.05, 0.1) is 0 Å². The lowest BCUT2D eigenvalue weighted by Gasteiger charge is -2.22. The van der Waals surface area contributed by atoms with E-state index in [1.807, 2.05) is 0 Å². The van der Waals surface area contributed by atoms with Crippen molar-refractivity contribution in [2.45, 2.75) is 38.0 Å². The quantitative estimate of drug-likeness (QED) is 0.855. The first-order valence-corrected chi connectivity index (χ1v) is 8.12. The summed E-state index contributed by atoms with van der Waals surface area (Å²) in [5.41, 5.74) is 0.407. The Morgan fingerprint density at radius 1 is 1.45 bits per heavy atom. The van der Waals surface area contributed by atoms with Gasteiger partial charge in [-0.15, -0.1) is 12.4 Å². The van der Waals surface area contributed by atoms with Crippen molar-refractivity contribution >= 4 is 22.4 Å². The molecule has 8 heteroatoms. The topological polar surface area (TPSA) is 84.2 Å². The van der Waals surface area contributed by atoms with Crippen molar-refractivity contribution in [3.63, 3.8) is 0 Å². The lowest BCUT2D eigenvalue weighted by atomic mass is 9.96. The van der Waals surface area contributed by atoms with Crippen molar-refractivity contribution in [1.82, 2.24) is 15.2 Å². The molecule has 0 bridgehead atoms. The number of hydrogen-bond acceptors (Lipinski definition) is 5. The zero-order chi connectivity index (χ0) is 13.9. The molecular formula is C12H22ClN3O3S. The standard InChI is InChI=1S/C12H21N3O3S.ClH/c1-9-12(10(2)18-15-9)19(16,17)14-7-5-11-4-3-6-13-8-11;/h11,13-14H,3-8H2,1-2H3;1H. The molecule has 2 rings (SSSR count). The van der Waals surface area contributed by atoms with E-state index in [0.717, 1.165) is 19.5 Å². The summed E-state index contributed by atoms with van der Waals surface area (Å²) in [6.07, 6.45) is 3.19. The van der Waals surface area contributed by atoms with Gasteiger partial charge in [-0.3, -0.25) is 0 Å². The molecule has 0 aromatic carbocycles. The fraction of sp³-hybridized carbons (Fsp3) is 0.750. The molecule has 1 aromatic heterocycles. The Hall–Kier alpha value is -0.630. The summed E-state index contributed by atoms with van der Waals surface area (Å²) in [5.74, 6) is 0.894. The van der Waals surface area contributed by atoms with Gasteiger partial charge in [0, 0.05) is 6.54 Å². The zero-order valence-corrected chi connectivity index (χ0v) is 13.4. The van der Waals surface area contributed by atoms with E-state index in [4.69, 9.17) is 4.52 Å². The Balaban J connectivity index is 0.00000200. The molecule has 2 heterocycles. The van der Waals surface area contributed by atoms with Crippen LogP contribution in [0.15, 0.2) is 9.42 Å². The minimum Gasteiger partial charge on any atom is -0.360 e. The maximum atomic E-state index is 12.1. The summed E-state index contributed by atoms with van der Waals surface area (Å²) in [7, 11) is -3.51. The number of sulfonamides is 1. The Morgan fingerprint density at radius 2 is 2.20 bits per heavy atom. The molecule has 1 atom stereocenters. The third kappa shape index (κ3) is 4.18. The van der Waals surface area contributed by atoms with Gasteiger partial charge in [0.25, 0.3) is 0 Å². The molecule has 0 amide bonds. The van der Waals surface area contributed by atoms with Crippen LogP contribution >= 0.6 is 12.4 Å².